The molecule has 0 radical (unpaired) electrons. The van der Waals surface area contributed by atoms with Crippen LogP contribution < -0.4 is 11.1 Å². The van der Waals surface area contributed by atoms with Gasteiger partial charge < -0.3 is 11.1 Å². The maximum absolute atomic E-state index is 13.1. The molecule has 5 rings (SSSR count). The number of rotatable bonds is 8. The molecule has 2 aromatic heterocycles. The highest BCUT2D eigenvalue weighted by atomic mass is 35.5. The third kappa shape index (κ3) is 5.12. The van der Waals surface area contributed by atoms with Crippen LogP contribution in [-0.4, -0.2) is 32.6 Å². The smallest absolute Gasteiger partial charge is 0.240 e. The van der Waals surface area contributed by atoms with Crippen molar-refractivity contribution < 1.29 is 9.59 Å². The second-order valence-electron chi connectivity index (χ2n) is 8.81. The van der Waals surface area contributed by atoms with Crippen LogP contribution in [0, 0.1) is 5.92 Å². The lowest BCUT2D eigenvalue weighted by Crippen LogP contribution is -2.46. The Hall–Kier alpha value is -3.68. The van der Waals surface area contributed by atoms with Gasteiger partial charge in [-0.1, -0.05) is 53.5 Å². The van der Waals surface area contributed by atoms with Crippen molar-refractivity contribution in [2.24, 2.45) is 11.7 Å². The molecule has 0 bridgehead atoms. The Morgan fingerprint density at radius 1 is 1.06 bits per heavy atom. The summed E-state index contributed by atoms with van der Waals surface area (Å²) in [5, 5.41) is 8.50. The Morgan fingerprint density at radius 3 is 2.56 bits per heavy atom. The summed E-state index contributed by atoms with van der Waals surface area (Å²) >= 11 is 12.4. The standard InChI is InChI=1S/C27H23Cl2N5O2/c28-21-9-8-18(12-22(21)29)34-25(14-23(33-34)17-7-4-10-31-15-17)19-13-20(19)27(36)32-24(26(30)35)11-16-5-2-1-3-6-16/h1-10,12,14-15,19-20,24H,11,13H2,(H2,30,35)(H,32,36). The van der Waals surface area contributed by atoms with Crippen LogP contribution in [0.2, 0.25) is 10.0 Å². The molecule has 3 unspecified atom stereocenters. The highest BCUT2D eigenvalue weighted by molar-refractivity contribution is 6.42. The summed E-state index contributed by atoms with van der Waals surface area (Å²) in [7, 11) is 0. The summed E-state index contributed by atoms with van der Waals surface area (Å²) in [6.45, 7) is 0. The molecule has 1 saturated carbocycles. The van der Waals surface area contributed by atoms with E-state index in [9.17, 15) is 9.59 Å². The normalized spacial score (nSPS) is 17.4. The zero-order valence-electron chi connectivity index (χ0n) is 19.1. The van der Waals surface area contributed by atoms with Crippen molar-refractivity contribution in [2.45, 2.75) is 24.8 Å². The van der Waals surface area contributed by atoms with Crippen molar-refractivity contribution in [3.05, 3.63) is 100 Å². The van der Waals surface area contributed by atoms with E-state index in [4.69, 9.17) is 34.0 Å². The number of carbonyl (C=O) groups excluding carboxylic acids is 2. The number of nitrogens with one attached hydrogen (secondary N) is 1. The number of carbonyl (C=O) groups is 2. The van der Waals surface area contributed by atoms with Gasteiger partial charge in [-0.25, -0.2) is 4.68 Å². The minimum absolute atomic E-state index is 0.0809. The molecule has 2 amide bonds. The Bertz CT molecular complexity index is 1410. The fourth-order valence-electron chi connectivity index (χ4n) is 4.30. The highest BCUT2D eigenvalue weighted by Gasteiger charge is 2.47. The first-order valence-corrected chi connectivity index (χ1v) is 12.3. The number of benzene rings is 2. The zero-order valence-corrected chi connectivity index (χ0v) is 20.7. The molecule has 0 saturated heterocycles. The van der Waals surface area contributed by atoms with Crippen molar-refractivity contribution in [2.75, 3.05) is 0 Å². The second-order valence-corrected chi connectivity index (χ2v) is 9.62. The Balaban J connectivity index is 1.40. The quantitative estimate of drug-likeness (QED) is 0.356. The van der Waals surface area contributed by atoms with Crippen molar-refractivity contribution in [1.29, 1.82) is 0 Å². The number of primary amides is 1. The van der Waals surface area contributed by atoms with Gasteiger partial charge in [0.25, 0.3) is 0 Å². The molecule has 9 heteroatoms. The van der Waals surface area contributed by atoms with Crippen molar-refractivity contribution in [1.82, 2.24) is 20.1 Å². The molecular formula is C27H23Cl2N5O2. The first kappa shape index (κ1) is 24.0. The minimum Gasteiger partial charge on any atom is -0.368 e. The summed E-state index contributed by atoms with van der Waals surface area (Å²) in [6.07, 6.45) is 4.41. The molecule has 4 aromatic rings. The van der Waals surface area contributed by atoms with Crippen LogP contribution in [0.5, 0.6) is 0 Å². The lowest BCUT2D eigenvalue weighted by atomic mass is 10.1. The number of aromatic nitrogens is 3. The first-order valence-electron chi connectivity index (χ1n) is 11.5. The topological polar surface area (TPSA) is 103 Å². The summed E-state index contributed by atoms with van der Waals surface area (Å²) < 4.78 is 1.79. The average Bonchev–Trinajstić information content (AvgIpc) is 3.57. The number of nitrogens with two attached hydrogens (primary N) is 1. The SMILES string of the molecule is NC(=O)C(Cc1ccccc1)NC(=O)C1CC1c1cc(-c2cccnc2)nn1-c1ccc(Cl)c(Cl)c1. The first-order chi connectivity index (χ1) is 17.4. The number of hydrogen-bond acceptors (Lipinski definition) is 4. The van der Waals surface area contributed by atoms with Gasteiger partial charge in [-0.2, -0.15) is 5.10 Å². The second kappa shape index (κ2) is 10.1. The zero-order chi connectivity index (χ0) is 25.2. The lowest BCUT2D eigenvalue weighted by molar-refractivity contribution is -0.128. The van der Waals surface area contributed by atoms with E-state index in [2.05, 4.69) is 10.3 Å². The predicted octanol–water partition coefficient (Wildman–Crippen LogP) is 4.56. The highest BCUT2D eigenvalue weighted by Crippen LogP contribution is 2.49. The van der Waals surface area contributed by atoms with Crippen LogP contribution in [0.25, 0.3) is 16.9 Å². The van der Waals surface area contributed by atoms with E-state index in [0.717, 1.165) is 28.2 Å². The van der Waals surface area contributed by atoms with E-state index in [1.165, 1.54) is 0 Å². The van der Waals surface area contributed by atoms with Crippen molar-refractivity contribution >= 4 is 35.0 Å². The van der Waals surface area contributed by atoms with Crippen LogP contribution in [-0.2, 0) is 16.0 Å². The van der Waals surface area contributed by atoms with Gasteiger partial charge in [-0.3, -0.25) is 14.6 Å². The van der Waals surface area contributed by atoms with Crippen LogP contribution in [0.15, 0.2) is 79.1 Å². The van der Waals surface area contributed by atoms with Gasteiger partial charge in [0.05, 0.1) is 21.4 Å². The molecule has 182 valence electrons. The Labute approximate surface area is 218 Å². The third-order valence-electron chi connectivity index (χ3n) is 6.29. The van der Waals surface area contributed by atoms with Gasteiger partial charge >= 0.3 is 0 Å². The maximum Gasteiger partial charge on any atom is 0.240 e. The third-order valence-corrected chi connectivity index (χ3v) is 7.03. The van der Waals surface area contributed by atoms with Crippen molar-refractivity contribution in [3.8, 4) is 16.9 Å². The molecule has 7 nitrogen and oxygen atoms in total. The number of amides is 2. The van der Waals surface area contributed by atoms with Gasteiger partial charge in [0.2, 0.25) is 11.8 Å². The number of nitrogens with zero attached hydrogens (tertiary/aromatic N) is 3. The fraction of sp³-hybridized carbons (Fsp3) is 0.185. The summed E-state index contributed by atoms with van der Waals surface area (Å²) in [5.41, 5.74) is 9.71. The molecule has 0 aliphatic heterocycles. The van der Waals surface area contributed by atoms with E-state index in [1.54, 1.807) is 29.2 Å². The van der Waals surface area contributed by atoms with Crippen molar-refractivity contribution in [3.63, 3.8) is 0 Å². The van der Waals surface area contributed by atoms with Gasteiger partial charge in [-0.15, -0.1) is 0 Å². The van der Waals surface area contributed by atoms with Crippen LogP contribution in [0.3, 0.4) is 0 Å². The monoisotopic (exact) mass is 519 g/mol. The van der Waals surface area contributed by atoms with E-state index in [0.29, 0.717) is 22.9 Å². The summed E-state index contributed by atoms with van der Waals surface area (Å²) in [6, 6.07) is 19.7. The fourth-order valence-corrected chi connectivity index (χ4v) is 4.59. The van der Waals surface area contributed by atoms with E-state index in [-0.39, 0.29) is 17.7 Å². The molecule has 2 aromatic carbocycles. The summed E-state index contributed by atoms with van der Waals surface area (Å²) in [4.78, 5) is 29.4. The predicted molar refractivity (Wildman–Crippen MR) is 139 cm³/mol. The number of pyridine rings is 1. The Morgan fingerprint density at radius 2 is 1.86 bits per heavy atom. The van der Waals surface area contributed by atoms with E-state index in [1.807, 2.05) is 54.6 Å². The van der Waals surface area contributed by atoms with Crippen LogP contribution in [0.1, 0.15) is 23.6 Å². The average molecular weight is 520 g/mol. The van der Waals surface area contributed by atoms with Gasteiger partial charge in [-0.05, 0) is 48.4 Å². The summed E-state index contributed by atoms with van der Waals surface area (Å²) in [5.74, 6) is -1.15. The maximum atomic E-state index is 13.1. The van der Waals surface area contributed by atoms with Gasteiger partial charge in [0.15, 0.2) is 0 Å². The van der Waals surface area contributed by atoms with E-state index >= 15 is 0 Å². The van der Waals surface area contributed by atoms with E-state index < -0.39 is 11.9 Å². The molecular weight excluding hydrogens is 497 g/mol. The molecule has 3 N–H and O–H groups in total. The molecule has 1 aliphatic carbocycles. The largest absolute Gasteiger partial charge is 0.368 e. The molecule has 36 heavy (non-hydrogen) atoms. The molecule has 1 aliphatic rings. The molecule has 2 heterocycles. The van der Waals surface area contributed by atoms with Gasteiger partial charge in [0, 0.05) is 41.9 Å². The van der Waals surface area contributed by atoms with Gasteiger partial charge in [0.1, 0.15) is 6.04 Å². The van der Waals surface area contributed by atoms with Crippen LogP contribution in [0.4, 0.5) is 0 Å². The molecule has 0 spiro atoms. The van der Waals surface area contributed by atoms with Crippen LogP contribution >= 0.6 is 23.2 Å². The molecule has 3 atom stereocenters. The number of hydrogen-bond donors (Lipinski definition) is 2. The Kier molecular flexibility index (Phi) is 6.76. The molecule has 1 fully saturated rings. The number of halogens is 2. The minimum atomic E-state index is -0.785. The lowest BCUT2D eigenvalue weighted by Gasteiger charge is -2.16.